The van der Waals surface area contributed by atoms with Gasteiger partial charge in [-0.2, -0.15) is 10.2 Å². The molecule has 30 heavy (non-hydrogen) atoms. The number of azo groups is 1. The Morgan fingerprint density at radius 2 is 1.47 bits per heavy atom. The first-order chi connectivity index (χ1) is 14.6. The van der Waals surface area contributed by atoms with Crippen LogP contribution in [0.3, 0.4) is 0 Å². The Labute approximate surface area is 176 Å². The number of carbonyl (C=O) groups is 1. The number of carbonyl (C=O) groups excluding carboxylic acids is 1. The van der Waals surface area contributed by atoms with Crippen molar-refractivity contribution in [3.63, 3.8) is 0 Å². The number of nitrogens with one attached hydrogen (secondary N) is 1. The van der Waals surface area contributed by atoms with Crippen LogP contribution >= 0.6 is 0 Å². The highest BCUT2D eigenvalue weighted by Gasteiger charge is 2.33. The molecule has 6 heteroatoms. The molecule has 0 heterocycles. The summed E-state index contributed by atoms with van der Waals surface area (Å²) in [6.45, 7) is 1.84. The first-order valence-electron chi connectivity index (χ1n) is 9.70. The van der Waals surface area contributed by atoms with E-state index in [2.05, 4.69) is 15.5 Å². The monoisotopic (exact) mass is 403 g/mol. The molecule has 6 nitrogen and oxygen atoms in total. The smallest absolute Gasteiger partial charge is 0.234 e. The average Bonchev–Trinajstić information content (AvgIpc) is 2.80. The van der Waals surface area contributed by atoms with Crippen LogP contribution < -0.4 is 5.32 Å². The standard InChI is InChI=1S/C24H25N3O3/c1-24(17-28,18-30-16-19-8-4-2-5-9-19)23(29)25-20-12-14-22(15-13-20)27-26-21-10-6-3-7-11-21/h2-15,28H,16-18H2,1H3,(H,25,29). The molecule has 1 unspecified atom stereocenters. The van der Waals surface area contributed by atoms with E-state index in [0.717, 1.165) is 11.3 Å². The first-order valence-corrected chi connectivity index (χ1v) is 9.70. The van der Waals surface area contributed by atoms with Gasteiger partial charge in [0.2, 0.25) is 5.91 Å². The van der Waals surface area contributed by atoms with E-state index in [4.69, 9.17) is 4.74 Å². The molecule has 3 aromatic carbocycles. The number of aliphatic hydroxyl groups is 1. The fourth-order valence-corrected chi connectivity index (χ4v) is 2.65. The van der Waals surface area contributed by atoms with Gasteiger partial charge in [-0.05, 0) is 48.9 Å². The normalized spacial score (nSPS) is 13.1. The Morgan fingerprint density at radius 3 is 2.07 bits per heavy atom. The molecule has 0 fully saturated rings. The Hall–Kier alpha value is -3.35. The molecule has 0 saturated heterocycles. The van der Waals surface area contributed by atoms with E-state index < -0.39 is 5.41 Å². The molecule has 0 saturated carbocycles. The van der Waals surface area contributed by atoms with Crippen LogP contribution in [0.2, 0.25) is 0 Å². The van der Waals surface area contributed by atoms with Gasteiger partial charge in [0.1, 0.15) is 0 Å². The number of rotatable bonds is 9. The molecule has 0 aromatic heterocycles. The minimum atomic E-state index is -1.06. The maximum Gasteiger partial charge on any atom is 0.234 e. The summed E-state index contributed by atoms with van der Waals surface area (Å²) in [5.41, 5.74) is 2.01. The van der Waals surface area contributed by atoms with E-state index >= 15 is 0 Å². The third-order valence-corrected chi connectivity index (χ3v) is 4.59. The van der Waals surface area contributed by atoms with Crippen molar-refractivity contribution in [3.05, 3.63) is 90.5 Å². The van der Waals surface area contributed by atoms with Crippen molar-refractivity contribution in [1.29, 1.82) is 0 Å². The molecule has 0 radical (unpaired) electrons. The molecule has 1 amide bonds. The Morgan fingerprint density at radius 1 is 0.900 bits per heavy atom. The lowest BCUT2D eigenvalue weighted by Gasteiger charge is -2.26. The quantitative estimate of drug-likeness (QED) is 0.478. The molecule has 3 aromatic rings. The summed E-state index contributed by atoms with van der Waals surface area (Å²) >= 11 is 0. The van der Waals surface area contributed by atoms with Crippen molar-refractivity contribution in [1.82, 2.24) is 0 Å². The molecule has 0 aliphatic heterocycles. The van der Waals surface area contributed by atoms with Gasteiger partial charge in [-0.15, -0.1) is 0 Å². The number of anilines is 1. The van der Waals surface area contributed by atoms with Crippen molar-refractivity contribution < 1.29 is 14.6 Å². The lowest BCUT2D eigenvalue weighted by atomic mass is 9.91. The zero-order valence-electron chi connectivity index (χ0n) is 16.9. The zero-order chi connectivity index (χ0) is 21.2. The summed E-state index contributed by atoms with van der Waals surface area (Å²) in [5, 5.41) is 21.0. The average molecular weight is 403 g/mol. The lowest BCUT2D eigenvalue weighted by Crippen LogP contribution is -2.40. The van der Waals surface area contributed by atoms with Crippen LogP contribution in [0, 0.1) is 5.41 Å². The Bertz CT molecular complexity index is 960. The van der Waals surface area contributed by atoms with Gasteiger partial charge in [0.25, 0.3) is 0 Å². The van der Waals surface area contributed by atoms with Crippen LogP contribution in [-0.2, 0) is 16.1 Å². The molecular formula is C24H25N3O3. The van der Waals surface area contributed by atoms with Gasteiger partial charge in [-0.25, -0.2) is 0 Å². The Balaban J connectivity index is 1.55. The van der Waals surface area contributed by atoms with Gasteiger partial charge in [0.15, 0.2) is 0 Å². The van der Waals surface area contributed by atoms with Crippen molar-refractivity contribution in [2.75, 3.05) is 18.5 Å². The van der Waals surface area contributed by atoms with E-state index in [1.54, 1.807) is 31.2 Å². The molecule has 0 bridgehead atoms. The minimum absolute atomic E-state index is 0.105. The number of hydrogen-bond acceptors (Lipinski definition) is 5. The van der Waals surface area contributed by atoms with Crippen LogP contribution in [0.1, 0.15) is 12.5 Å². The van der Waals surface area contributed by atoms with Crippen LogP contribution in [0.25, 0.3) is 0 Å². The third-order valence-electron chi connectivity index (χ3n) is 4.59. The molecule has 3 rings (SSSR count). The number of ether oxygens (including phenoxy) is 1. The summed E-state index contributed by atoms with van der Waals surface area (Å²) in [5.74, 6) is -0.309. The summed E-state index contributed by atoms with van der Waals surface area (Å²) in [4.78, 5) is 12.7. The second-order valence-electron chi connectivity index (χ2n) is 7.23. The zero-order valence-corrected chi connectivity index (χ0v) is 16.9. The summed E-state index contributed by atoms with van der Waals surface area (Å²) in [6, 6.07) is 26.2. The van der Waals surface area contributed by atoms with Crippen LogP contribution in [0.5, 0.6) is 0 Å². The number of benzene rings is 3. The van der Waals surface area contributed by atoms with Crippen LogP contribution in [0.15, 0.2) is 95.2 Å². The number of amides is 1. The van der Waals surface area contributed by atoms with Gasteiger partial charge in [0.05, 0.1) is 36.6 Å². The fourth-order valence-electron chi connectivity index (χ4n) is 2.65. The van der Waals surface area contributed by atoms with Gasteiger partial charge in [0, 0.05) is 5.69 Å². The largest absolute Gasteiger partial charge is 0.395 e. The first kappa shape index (κ1) is 21.4. The highest BCUT2D eigenvalue weighted by Crippen LogP contribution is 2.23. The SMILES string of the molecule is CC(CO)(COCc1ccccc1)C(=O)Nc1ccc(N=Nc2ccccc2)cc1. The number of hydrogen-bond donors (Lipinski definition) is 2. The number of nitrogens with zero attached hydrogens (tertiary/aromatic N) is 2. The molecule has 0 aliphatic rings. The van der Waals surface area contributed by atoms with E-state index in [0.29, 0.717) is 18.0 Å². The highest BCUT2D eigenvalue weighted by molar-refractivity contribution is 5.95. The maximum atomic E-state index is 12.7. The molecule has 0 spiro atoms. The van der Waals surface area contributed by atoms with E-state index in [9.17, 15) is 9.90 Å². The minimum Gasteiger partial charge on any atom is -0.395 e. The highest BCUT2D eigenvalue weighted by atomic mass is 16.5. The van der Waals surface area contributed by atoms with E-state index in [1.165, 1.54) is 0 Å². The summed E-state index contributed by atoms with van der Waals surface area (Å²) in [6.07, 6.45) is 0. The van der Waals surface area contributed by atoms with E-state index in [1.807, 2.05) is 60.7 Å². The fraction of sp³-hybridized carbons (Fsp3) is 0.208. The maximum absolute atomic E-state index is 12.7. The molecule has 154 valence electrons. The second-order valence-corrected chi connectivity index (χ2v) is 7.23. The number of aliphatic hydroxyl groups excluding tert-OH is 1. The van der Waals surface area contributed by atoms with E-state index in [-0.39, 0.29) is 19.1 Å². The van der Waals surface area contributed by atoms with Gasteiger partial charge >= 0.3 is 0 Å². The van der Waals surface area contributed by atoms with Gasteiger partial charge in [-0.3, -0.25) is 4.79 Å². The summed E-state index contributed by atoms with van der Waals surface area (Å²) < 4.78 is 5.68. The summed E-state index contributed by atoms with van der Waals surface area (Å²) in [7, 11) is 0. The van der Waals surface area contributed by atoms with Crippen molar-refractivity contribution in [2.45, 2.75) is 13.5 Å². The van der Waals surface area contributed by atoms with Crippen LogP contribution in [-0.4, -0.2) is 24.2 Å². The topological polar surface area (TPSA) is 83.3 Å². The van der Waals surface area contributed by atoms with Crippen LogP contribution in [0.4, 0.5) is 17.1 Å². The third kappa shape index (κ3) is 6.07. The molecular weight excluding hydrogens is 378 g/mol. The lowest BCUT2D eigenvalue weighted by molar-refractivity contribution is -0.131. The molecule has 1 atom stereocenters. The predicted molar refractivity (Wildman–Crippen MR) is 117 cm³/mol. The molecule has 0 aliphatic carbocycles. The van der Waals surface area contributed by atoms with Crippen molar-refractivity contribution in [2.24, 2.45) is 15.6 Å². The van der Waals surface area contributed by atoms with Crippen molar-refractivity contribution in [3.8, 4) is 0 Å². The molecule has 2 N–H and O–H groups in total. The van der Waals surface area contributed by atoms with Gasteiger partial charge in [-0.1, -0.05) is 48.5 Å². The van der Waals surface area contributed by atoms with Gasteiger partial charge < -0.3 is 15.2 Å². The van der Waals surface area contributed by atoms with Crippen molar-refractivity contribution >= 4 is 23.0 Å². The predicted octanol–water partition coefficient (Wildman–Crippen LogP) is 5.26. The Kier molecular flexibility index (Phi) is 7.43. The second kappa shape index (κ2) is 10.4.